The van der Waals surface area contributed by atoms with Gasteiger partial charge in [0, 0.05) is 50.5 Å². The maximum Gasteiger partial charge on any atom is 0.233 e. The molecule has 0 radical (unpaired) electrons. The third-order valence-electron chi connectivity index (χ3n) is 13.3. The second kappa shape index (κ2) is 9.57. The van der Waals surface area contributed by atoms with Gasteiger partial charge in [0.05, 0.1) is 11.1 Å². The molecule has 0 aromatic carbocycles. The molecule has 256 valence electrons. The molecular weight excluding hydrogens is 608 g/mol. The number of rotatable bonds is 2. The maximum absolute atomic E-state index is 15.8. The maximum atomic E-state index is 15.8. The summed E-state index contributed by atoms with van der Waals surface area (Å²) < 4.78 is 6.99. The summed E-state index contributed by atoms with van der Waals surface area (Å²) in [4.78, 5) is 74.0. The minimum Gasteiger partial charge on any atom is -0.507 e. The van der Waals surface area contributed by atoms with Crippen LogP contribution >= 0.6 is 0 Å². The first-order valence-electron chi connectivity index (χ1n) is 17.7. The van der Waals surface area contributed by atoms with Crippen molar-refractivity contribution in [2.24, 2.45) is 45.3 Å². The zero-order valence-corrected chi connectivity index (χ0v) is 29.9. The average Bonchev–Trinajstić information content (AvgIpc) is 3.28. The van der Waals surface area contributed by atoms with Crippen LogP contribution in [-0.2, 0) is 28.7 Å². The molecule has 2 fully saturated rings. The van der Waals surface area contributed by atoms with E-state index in [0.29, 0.717) is 37.7 Å². The Labute approximate surface area is 282 Å². The van der Waals surface area contributed by atoms with Crippen LogP contribution in [0.3, 0.4) is 0 Å². The smallest absolute Gasteiger partial charge is 0.233 e. The van der Waals surface area contributed by atoms with Crippen molar-refractivity contribution >= 4 is 28.9 Å². The van der Waals surface area contributed by atoms with E-state index < -0.39 is 85.6 Å². The third-order valence-corrected chi connectivity index (χ3v) is 13.3. The van der Waals surface area contributed by atoms with Crippen LogP contribution in [0.25, 0.3) is 0 Å². The van der Waals surface area contributed by atoms with Crippen molar-refractivity contribution in [1.29, 1.82) is 0 Å². The van der Waals surface area contributed by atoms with Crippen LogP contribution in [0.1, 0.15) is 108 Å². The number of aliphatic hydroxyl groups excluding tert-OH is 2. The Morgan fingerprint density at radius 3 is 1.67 bits per heavy atom. The van der Waals surface area contributed by atoms with Gasteiger partial charge in [-0.05, 0) is 48.3 Å². The molecule has 48 heavy (non-hydrogen) atoms. The largest absolute Gasteiger partial charge is 0.507 e. The number of hydrogen-bond donors (Lipinski definition) is 2. The number of allylic oxidation sites excluding steroid dienone is 4. The Kier molecular flexibility index (Phi) is 6.57. The topological polar surface area (TPSA) is 135 Å². The summed E-state index contributed by atoms with van der Waals surface area (Å²) in [5.41, 5.74) is -5.11. The van der Waals surface area contributed by atoms with E-state index in [0.717, 1.165) is 6.42 Å². The monoisotopic (exact) mass is 656 g/mol. The fourth-order valence-electron chi connectivity index (χ4n) is 11.7. The molecule has 7 aliphatic rings. The van der Waals surface area contributed by atoms with Crippen molar-refractivity contribution in [3.63, 3.8) is 0 Å². The summed E-state index contributed by atoms with van der Waals surface area (Å²) >= 11 is 0. The number of hydrogen-bond acceptors (Lipinski definition) is 8. The van der Waals surface area contributed by atoms with E-state index >= 15 is 9.59 Å². The highest BCUT2D eigenvalue weighted by molar-refractivity contribution is 6.51. The van der Waals surface area contributed by atoms with Crippen molar-refractivity contribution in [3.05, 3.63) is 56.3 Å². The summed E-state index contributed by atoms with van der Waals surface area (Å²) in [6, 6.07) is 0. The zero-order valence-electron chi connectivity index (χ0n) is 29.9. The van der Waals surface area contributed by atoms with E-state index in [1.165, 1.54) is 0 Å². The SMILES string of the molecule is CC(C)C1=C(O)C2=C(C(=O)C1=O)[C@@]1(C)CCCC(C)(C)[C@@H]1C(=O)[C@@]21OC2=C(C(C)C)C(=O)C(O)=C3C2=C1C(=O)[C@@H]1C(C)(C)CCC[C@@]31C. The van der Waals surface area contributed by atoms with Gasteiger partial charge in [-0.2, -0.15) is 0 Å². The van der Waals surface area contributed by atoms with Gasteiger partial charge in [-0.15, -0.1) is 0 Å². The van der Waals surface area contributed by atoms with Crippen molar-refractivity contribution < 1.29 is 38.9 Å². The molecule has 0 saturated heterocycles. The van der Waals surface area contributed by atoms with Gasteiger partial charge in [0.1, 0.15) is 11.5 Å². The Balaban J connectivity index is 1.72. The van der Waals surface area contributed by atoms with Crippen molar-refractivity contribution in [2.45, 2.75) is 113 Å². The van der Waals surface area contributed by atoms with Crippen molar-refractivity contribution in [3.8, 4) is 0 Å². The van der Waals surface area contributed by atoms with E-state index in [2.05, 4.69) is 0 Å². The molecule has 1 spiro atoms. The lowest BCUT2D eigenvalue weighted by molar-refractivity contribution is -0.155. The molecule has 1 heterocycles. The molecule has 7 rings (SSSR count). The minimum atomic E-state index is -2.29. The lowest BCUT2D eigenvalue weighted by Crippen LogP contribution is -2.65. The molecule has 2 saturated carbocycles. The highest BCUT2D eigenvalue weighted by Crippen LogP contribution is 2.71. The first-order chi connectivity index (χ1) is 22.1. The van der Waals surface area contributed by atoms with Gasteiger partial charge in [-0.25, -0.2) is 0 Å². The summed E-state index contributed by atoms with van der Waals surface area (Å²) in [6.07, 6.45) is 3.81. The Bertz CT molecular complexity index is 1850. The lowest BCUT2D eigenvalue weighted by atomic mass is 9.43. The third kappa shape index (κ3) is 3.54. The van der Waals surface area contributed by atoms with Gasteiger partial charge in [-0.3, -0.25) is 24.0 Å². The molecule has 0 unspecified atom stereocenters. The summed E-state index contributed by atoms with van der Waals surface area (Å²) in [5.74, 6) is -6.48. The molecule has 0 aromatic heterocycles. The van der Waals surface area contributed by atoms with E-state index in [1.807, 2.05) is 41.5 Å². The second-order valence-corrected chi connectivity index (χ2v) is 17.9. The minimum absolute atomic E-state index is 0.0140. The predicted molar refractivity (Wildman–Crippen MR) is 177 cm³/mol. The van der Waals surface area contributed by atoms with Crippen LogP contribution in [0, 0.1) is 45.3 Å². The summed E-state index contributed by atoms with van der Waals surface area (Å²) in [7, 11) is 0. The van der Waals surface area contributed by atoms with E-state index in [1.54, 1.807) is 27.7 Å². The molecule has 8 nitrogen and oxygen atoms in total. The van der Waals surface area contributed by atoms with E-state index in [9.17, 15) is 24.6 Å². The standard InChI is InChI=1S/C40H48O8/c1-17(2)19-26(41)25-24(30(45)27(19)42)39(10)16-12-14-37(7,8)34(39)35(47)40(25)23-21-22(29(44)28(43)20(18(3)4)32(21)48-40)38(9)15-11-13-36(5,6)33(38)31(23)46/h17-18,33-34,41,44H,11-16H2,1-10H3/t33-,34+,38+,39-,40+/m1/s1. The number of ether oxygens (including phenoxy) is 1. The van der Waals surface area contributed by atoms with Crippen LogP contribution in [0.2, 0.25) is 0 Å². The molecule has 1 aliphatic heterocycles. The number of ketones is 5. The van der Waals surface area contributed by atoms with Crippen LogP contribution in [0.15, 0.2) is 56.3 Å². The molecule has 6 aliphatic carbocycles. The number of carbonyl (C=O) groups is 5. The molecule has 0 bridgehead atoms. The van der Waals surface area contributed by atoms with Gasteiger partial charge in [0.25, 0.3) is 0 Å². The first-order valence-corrected chi connectivity index (χ1v) is 17.7. The number of fused-ring (bicyclic) bond motifs is 6. The normalized spacial score (nSPS) is 37.1. The van der Waals surface area contributed by atoms with Gasteiger partial charge >= 0.3 is 0 Å². The lowest BCUT2D eigenvalue weighted by Gasteiger charge is -2.58. The molecule has 0 aromatic rings. The molecular formula is C40H48O8. The van der Waals surface area contributed by atoms with Gasteiger partial charge in [-0.1, -0.05) is 82.1 Å². The zero-order chi connectivity index (χ0) is 35.4. The fraction of sp³-hybridized carbons (Fsp3) is 0.625. The van der Waals surface area contributed by atoms with Gasteiger partial charge < -0.3 is 14.9 Å². The highest BCUT2D eigenvalue weighted by atomic mass is 16.5. The van der Waals surface area contributed by atoms with Crippen LogP contribution in [-0.4, -0.2) is 44.7 Å². The number of aliphatic hydroxyl groups is 2. The molecule has 2 N–H and O–H groups in total. The average molecular weight is 657 g/mol. The fourth-order valence-corrected chi connectivity index (χ4v) is 11.7. The van der Waals surface area contributed by atoms with E-state index in [-0.39, 0.29) is 45.0 Å². The number of carbonyl (C=O) groups excluding carboxylic acids is 5. The molecule has 8 heteroatoms. The Morgan fingerprint density at radius 1 is 0.604 bits per heavy atom. The summed E-state index contributed by atoms with van der Waals surface area (Å²) in [5, 5.41) is 24.2. The molecule has 5 atom stereocenters. The quantitative estimate of drug-likeness (QED) is 0.237. The van der Waals surface area contributed by atoms with Crippen LogP contribution in [0.5, 0.6) is 0 Å². The van der Waals surface area contributed by atoms with Crippen molar-refractivity contribution in [2.75, 3.05) is 0 Å². The second-order valence-electron chi connectivity index (χ2n) is 17.9. The Morgan fingerprint density at radius 2 is 1.12 bits per heavy atom. The number of Topliss-reactive ketones (excluding diaryl/α,β-unsaturated/α-hetero) is 5. The van der Waals surface area contributed by atoms with Crippen LogP contribution < -0.4 is 0 Å². The van der Waals surface area contributed by atoms with Crippen molar-refractivity contribution in [1.82, 2.24) is 0 Å². The summed E-state index contributed by atoms with van der Waals surface area (Å²) in [6.45, 7) is 18.7. The van der Waals surface area contributed by atoms with Gasteiger partial charge in [0.2, 0.25) is 23.0 Å². The highest BCUT2D eigenvalue weighted by Gasteiger charge is 2.75. The van der Waals surface area contributed by atoms with E-state index in [4.69, 9.17) is 4.74 Å². The van der Waals surface area contributed by atoms with Crippen LogP contribution in [0.4, 0.5) is 0 Å². The molecule has 0 amide bonds. The first kappa shape index (κ1) is 33.0. The predicted octanol–water partition coefficient (Wildman–Crippen LogP) is 7.10. The van der Waals surface area contributed by atoms with Gasteiger partial charge in [0.15, 0.2) is 17.3 Å². The Hall–Kier alpha value is -3.55.